The van der Waals surface area contributed by atoms with E-state index in [2.05, 4.69) is 52.0 Å². The van der Waals surface area contributed by atoms with Gasteiger partial charge in [0.15, 0.2) is 5.78 Å². The molecule has 1 fully saturated rings. The minimum Gasteiger partial charge on any atom is -0.487 e. The molecule has 1 aromatic heterocycles. The maximum absolute atomic E-state index is 13.8. The van der Waals surface area contributed by atoms with Crippen LogP contribution in [0.25, 0.3) is 10.9 Å². The Labute approximate surface area is 226 Å². The standard InChI is InChI=1S/C30H41ClN4O2/c1-33(2)17-7-18-34(3)21-29(36)30-26-9-4-5-10-27(26)35(19-15-23-8-6-16-32-20-23)28(30)22-37-25-13-11-24(31)12-14-25/h4-5,9-14,23,32H,6-8,15-22H2,1-3H3. The lowest BCUT2D eigenvalue weighted by Gasteiger charge is -2.23. The Morgan fingerprint density at radius 3 is 2.62 bits per heavy atom. The number of aromatic nitrogens is 1. The maximum Gasteiger partial charge on any atom is 0.179 e. The number of benzene rings is 2. The summed E-state index contributed by atoms with van der Waals surface area (Å²) in [5.74, 6) is 1.55. The van der Waals surface area contributed by atoms with Crippen molar-refractivity contribution in [2.75, 3.05) is 53.9 Å². The van der Waals surface area contributed by atoms with Crippen molar-refractivity contribution in [1.29, 1.82) is 0 Å². The van der Waals surface area contributed by atoms with Gasteiger partial charge in [0.05, 0.1) is 17.8 Å². The van der Waals surface area contributed by atoms with Crippen molar-refractivity contribution in [1.82, 2.24) is 19.7 Å². The van der Waals surface area contributed by atoms with Crippen molar-refractivity contribution in [3.05, 3.63) is 64.8 Å². The summed E-state index contributed by atoms with van der Waals surface area (Å²) in [6.07, 6.45) is 4.60. The normalized spacial score (nSPS) is 16.1. The van der Waals surface area contributed by atoms with Crippen LogP contribution in [0, 0.1) is 5.92 Å². The molecule has 200 valence electrons. The summed E-state index contributed by atoms with van der Waals surface area (Å²) in [7, 11) is 6.19. The van der Waals surface area contributed by atoms with Crippen molar-refractivity contribution >= 4 is 28.3 Å². The van der Waals surface area contributed by atoms with Gasteiger partial charge in [0.25, 0.3) is 0 Å². The number of rotatable bonds is 13. The van der Waals surface area contributed by atoms with Gasteiger partial charge >= 0.3 is 0 Å². The molecule has 1 aliphatic heterocycles. The molecule has 1 saturated heterocycles. The number of nitrogens with one attached hydrogen (secondary N) is 1. The number of aryl methyl sites for hydroxylation is 1. The number of ether oxygens (including phenoxy) is 1. The van der Waals surface area contributed by atoms with Crippen LogP contribution in [0.5, 0.6) is 5.75 Å². The van der Waals surface area contributed by atoms with Crippen molar-refractivity contribution in [3.8, 4) is 5.75 Å². The van der Waals surface area contributed by atoms with Crippen LogP contribution in [0.1, 0.15) is 41.7 Å². The summed E-state index contributed by atoms with van der Waals surface area (Å²) < 4.78 is 8.57. The van der Waals surface area contributed by atoms with Gasteiger partial charge in [-0.3, -0.25) is 9.69 Å². The summed E-state index contributed by atoms with van der Waals surface area (Å²) in [4.78, 5) is 18.1. The Morgan fingerprint density at radius 2 is 1.89 bits per heavy atom. The molecule has 6 nitrogen and oxygen atoms in total. The van der Waals surface area contributed by atoms with E-state index < -0.39 is 0 Å². The Kier molecular flexibility index (Phi) is 10.0. The van der Waals surface area contributed by atoms with Crippen LogP contribution in [0.4, 0.5) is 0 Å². The van der Waals surface area contributed by atoms with E-state index in [1.807, 2.05) is 37.4 Å². The van der Waals surface area contributed by atoms with E-state index >= 15 is 0 Å². The van der Waals surface area contributed by atoms with E-state index in [0.29, 0.717) is 24.1 Å². The van der Waals surface area contributed by atoms with Crippen molar-refractivity contribution in [2.45, 2.75) is 38.8 Å². The fourth-order valence-electron chi connectivity index (χ4n) is 5.30. The highest BCUT2D eigenvalue weighted by Gasteiger charge is 2.24. The van der Waals surface area contributed by atoms with E-state index in [9.17, 15) is 4.79 Å². The number of piperidine rings is 1. The first-order valence-electron chi connectivity index (χ1n) is 13.5. The summed E-state index contributed by atoms with van der Waals surface area (Å²) in [5.41, 5.74) is 2.87. The number of fused-ring (bicyclic) bond motifs is 1. The molecule has 0 radical (unpaired) electrons. The molecule has 1 N–H and O–H groups in total. The largest absolute Gasteiger partial charge is 0.487 e. The summed E-state index contributed by atoms with van der Waals surface area (Å²) >= 11 is 6.07. The predicted octanol–water partition coefficient (Wildman–Crippen LogP) is 5.33. The van der Waals surface area contributed by atoms with Crippen LogP contribution in [-0.2, 0) is 13.2 Å². The molecule has 3 aromatic rings. The SMILES string of the molecule is CN(C)CCCN(C)CC(=O)c1c(COc2ccc(Cl)cc2)n(CCC2CCCNC2)c2ccccc12. The lowest BCUT2D eigenvalue weighted by molar-refractivity contribution is 0.0943. The molecule has 1 atom stereocenters. The van der Waals surface area contributed by atoms with Gasteiger partial charge in [-0.05, 0) is 109 Å². The van der Waals surface area contributed by atoms with Crippen molar-refractivity contribution in [3.63, 3.8) is 0 Å². The fourth-order valence-corrected chi connectivity index (χ4v) is 5.42. The number of Topliss-reactive ketones (excluding diaryl/α,β-unsaturated/α-hetero) is 1. The second-order valence-electron chi connectivity index (χ2n) is 10.6. The van der Waals surface area contributed by atoms with Gasteiger partial charge in [-0.15, -0.1) is 0 Å². The second kappa shape index (κ2) is 13.4. The Balaban J connectivity index is 1.62. The average Bonchev–Trinajstić information content (AvgIpc) is 3.20. The number of halogens is 1. The monoisotopic (exact) mass is 524 g/mol. The topological polar surface area (TPSA) is 49.7 Å². The summed E-state index contributed by atoms with van der Waals surface area (Å²) in [6, 6.07) is 15.7. The van der Waals surface area contributed by atoms with Gasteiger partial charge in [0.2, 0.25) is 0 Å². The molecule has 2 aromatic carbocycles. The number of hydrogen-bond donors (Lipinski definition) is 1. The van der Waals surface area contributed by atoms with Crippen molar-refractivity contribution in [2.24, 2.45) is 5.92 Å². The zero-order valence-corrected chi connectivity index (χ0v) is 23.3. The number of para-hydroxylation sites is 1. The minimum absolute atomic E-state index is 0.149. The van der Waals surface area contributed by atoms with Crippen LogP contribution < -0.4 is 10.1 Å². The zero-order chi connectivity index (χ0) is 26.2. The lowest BCUT2D eigenvalue weighted by atomic mass is 9.96. The number of carbonyl (C=O) groups excluding carboxylic acids is 1. The number of likely N-dealkylation sites (N-methyl/N-ethyl adjacent to an activating group) is 1. The second-order valence-corrected chi connectivity index (χ2v) is 11.0. The van der Waals surface area contributed by atoms with E-state index in [-0.39, 0.29) is 5.78 Å². The predicted molar refractivity (Wildman–Crippen MR) is 153 cm³/mol. The molecule has 0 saturated carbocycles. The highest BCUT2D eigenvalue weighted by atomic mass is 35.5. The first kappa shape index (κ1) is 27.6. The van der Waals surface area contributed by atoms with Crippen LogP contribution in [0.2, 0.25) is 5.02 Å². The van der Waals surface area contributed by atoms with Crippen molar-refractivity contribution < 1.29 is 9.53 Å². The molecule has 0 bridgehead atoms. The van der Waals surface area contributed by atoms with Crippen LogP contribution in [-0.4, -0.2) is 74.0 Å². The van der Waals surface area contributed by atoms with E-state index in [0.717, 1.165) is 73.5 Å². The van der Waals surface area contributed by atoms with Gasteiger partial charge in [0, 0.05) is 22.5 Å². The van der Waals surface area contributed by atoms with Gasteiger partial charge < -0.3 is 19.5 Å². The highest BCUT2D eigenvalue weighted by molar-refractivity contribution is 6.30. The van der Waals surface area contributed by atoms with E-state index in [4.69, 9.17) is 16.3 Å². The number of carbonyl (C=O) groups is 1. The van der Waals surface area contributed by atoms with E-state index in [1.54, 1.807) is 0 Å². The third-order valence-electron chi connectivity index (χ3n) is 7.27. The molecule has 0 aliphatic carbocycles. The molecule has 1 aliphatic rings. The van der Waals surface area contributed by atoms with Gasteiger partial charge in [-0.25, -0.2) is 0 Å². The fraction of sp³-hybridized carbons (Fsp3) is 0.500. The molecule has 4 rings (SSSR count). The summed E-state index contributed by atoms with van der Waals surface area (Å²) in [6.45, 7) is 5.68. The number of ketones is 1. The molecule has 0 spiro atoms. The first-order valence-corrected chi connectivity index (χ1v) is 13.9. The third kappa shape index (κ3) is 7.57. The Morgan fingerprint density at radius 1 is 1.11 bits per heavy atom. The molecule has 2 heterocycles. The van der Waals surface area contributed by atoms with Crippen LogP contribution in [0.15, 0.2) is 48.5 Å². The molecule has 0 amide bonds. The molecular weight excluding hydrogens is 484 g/mol. The number of hydrogen-bond acceptors (Lipinski definition) is 5. The quantitative estimate of drug-likeness (QED) is 0.306. The Bertz CT molecular complexity index is 1150. The van der Waals surface area contributed by atoms with Crippen LogP contribution in [0.3, 0.4) is 0 Å². The van der Waals surface area contributed by atoms with Gasteiger partial charge in [-0.2, -0.15) is 0 Å². The smallest absolute Gasteiger partial charge is 0.179 e. The molecule has 37 heavy (non-hydrogen) atoms. The minimum atomic E-state index is 0.149. The summed E-state index contributed by atoms with van der Waals surface area (Å²) in [5, 5.41) is 5.23. The molecular formula is C30H41ClN4O2. The van der Waals surface area contributed by atoms with Crippen LogP contribution >= 0.6 is 11.6 Å². The zero-order valence-electron chi connectivity index (χ0n) is 22.5. The molecule has 7 heteroatoms. The first-order chi connectivity index (χ1) is 17.9. The Hall–Kier alpha value is -2.38. The maximum atomic E-state index is 13.8. The highest BCUT2D eigenvalue weighted by Crippen LogP contribution is 2.30. The van der Waals surface area contributed by atoms with E-state index in [1.165, 1.54) is 12.8 Å². The molecule has 1 unspecified atom stereocenters. The lowest BCUT2D eigenvalue weighted by Crippen LogP contribution is -2.30. The number of nitrogens with zero attached hydrogens (tertiary/aromatic N) is 3. The van der Waals surface area contributed by atoms with Gasteiger partial charge in [0.1, 0.15) is 12.4 Å². The van der Waals surface area contributed by atoms with Gasteiger partial charge in [-0.1, -0.05) is 29.8 Å². The third-order valence-corrected chi connectivity index (χ3v) is 7.52. The average molecular weight is 525 g/mol.